The fourth-order valence-corrected chi connectivity index (χ4v) is 2.84. The number of hydrogen-bond acceptors (Lipinski definition) is 7. The fraction of sp³-hybridized carbons (Fsp3) is 0.312. The molecule has 23 heavy (non-hydrogen) atoms. The number of cyclic esters (lactones) is 1. The van der Waals surface area contributed by atoms with Crippen molar-refractivity contribution in [2.45, 2.75) is 25.0 Å². The van der Waals surface area contributed by atoms with Gasteiger partial charge >= 0.3 is 11.9 Å². The number of benzene rings is 1. The van der Waals surface area contributed by atoms with Gasteiger partial charge in [0.05, 0.1) is 13.5 Å². The van der Waals surface area contributed by atoms with Crippen molar-refractivity contribution in [3.05, 3.63) is 35.4 Å². The number of hydrogen-bond donors (Lipinski definition) is 1. The molecule has 0 spiro atoms. The minimum Gasteiger partial charge on any atom is -0.507 e. The molecule has 2 aliphatic rings. The van der Waals surface area contributed by atoms with Crippen molar-refractivity contribution < 1.29 is 33.7 Å². The molecule has 1 aromatic rings. The molecule has 2 heterocycles. The van der Waals surface area contributed by atoms with Crippen LogP contribution in [0.15, 0.2) is 24.3 Å². The molecule has 0 bridgehead atoms. The zero-order valence-corrected chi connectivity index (χ0v) is 12.5. The summed E-state index contributed by atoms with van der Waals surface area (Å²) >= 11 is 0. The molecule has 0 aliphatic carbocycles. The molecule has 2 atom stereocenters. The third-order valence-electron chi connectivity index (χ3n) is 3.86. The first-order valence-electron chi connectivity index (χ1n) is 6.90. The molecule has 0 fully saturated rings. The summed E-state index contributed by atoms with van der Waals surface area (Å²) in [6.45, 7) is 1.71. The molecule has 0 radical (unpaired) electrons. The molecule has 3 rings (SSSR count). The highest BCUT2D eigenvalue weighted by atomic mass is 16.6. The van der Waals surface area contributed by atoms with E-state index in [0.29, 0.717) is 5.56 Å². The molecule has 0 amide bonds. The molecule has 0 aromatic heterocycles. The number of aromatic hydroxyl groups is 1. The smallest absolute Gasteiger partial charge is 0.355 e. The van der Waals surface area contributed by atoms with Crippen molar-refractivity contribution >= 4 is 17.7 Å². The lowest BCUT2D eigenvalue weighted by Gasteiger charge is -2.38. The summed E-state index contributed by atoms with van der Waals surface area (Å²) in [5.74, 6) is -2.12. The van der Waals surface area contributed by atoms with Crippen LogP contribution in [0.3, 0.4) is 0 Å². The van der Waals surface area contributed by atoms with E-state index in [4.69, 9.17) is 14.2 Å². The van der Waals surface area contributed by atoms with Gasteiger partial charge in [-0.15, -0.1) is 0 Å². The summed E-state index contributed by atoms with van der Waals surface area (Å²) in [6, 6.07) is 2.96. The number of aryl methyl sites for hydroxylation is 1. The van der Waals surface area contributed by atoms with Gasteiger partial charge in [0.1, 0.15) is 17.1 Å². The summed E-state index contributed by atoms with van der Waals surface area (Å²) in [5, 5.41) is 9.96. The Balaban J connectivity index is 2.12. The first-order valence-corrected chi connectivity index (χ1v) is 6.90. The minimum absolute atomic E-state index is 0.00318. The minimum atomic E-state index is -1.80. The van der Waals surface area contributed by atoms with Gasteiger partial charge in [-0.05, 0) is 30.7 Å². The fourth-order valence-electron chi connectivity index (χ4n) is 2.84. The normalized spacial score (nSPS) is 25.6. The predicted octanol–water partition coefficient (Wildman–Crippen LogP) is 1.06. The van der Waals surface area contributed by atoms with Crippen LogP contribution in [0, 0.1) is 6.92 Å². The number of phenolic OH excluding ortho intramolecular Hbond substituents is 1. The Morgan fingerprint density at radius 1 is 1.39 bits per heavy atom. The Kier molecular flexibility index (Phi) is 3.35. The monoisotopic (exact) mass is 318 g/mol. The molecular formula is C16H14O7. The highest BCUT2D eigenvalue weighted by molar-refractivity contribution is 6.06. The number of carbonyl (C=O) groups is 3. The molecule has 0 saturated heterocycles. The van der Waals surface area contributed by atoms with Gasteiger partial charge in [0.25, 0.3) is 5.60 Å². The highest BCUT2D eigenvalue weighted by Crippen LogP contribution is 2.42. The van der Waals surface area contributed by atoms with Gasteiger partial charge in [-0.25, -0.2) is 9.59 Å². The van der Waals surface area contributed by atoms with Gasteiger partial charge < -0.3 is 19.3 Å². The molecule has 2 aliphatic heterocycles. The quantitative estimate of drug-likeness (QED) is 0.814. The van der Waals surface area contributed by atoms with Crippen LogP contribution in [0.1, 0.15) is 22.3 Å². The predicted molar refractivity (Wildman–Crippen MR) is 76.2 cm³/mol. The third kappa shape index (κ3) is 2.25. The summed E-state index contributed by atoms with van der Waals surface area (Å²) in [4.78, 5) is 36.1. The van der Waals surface area contributed by atoms with Crippen molar-refractivity contribution in [3.63, 3.8) is 0 Å². The van der Waals surface area contributed by atoms with E-state index in [-0.39, 0.29) is 17.1 Å². The average Bonchev–Trinajstić information content (AvgIpc) is 2.92. The molecule has 0 unspecified atom stereocenters. The van der Waals surface area contributed by atoms with E-state index in [1.165, 1.54) is 18.2 Å². The maximum absolute atomic E-state index is 12.5. The van der Waals surface area contributed by atoms with Gasteiger partial charge in [0.2, 0.25) is 0 Å². The number of Topliss-reactive ketones (excluding diaryl/α,β-unsaturated/α-hetero) is 1. The lowest BCUT2D eigenvalue weighted by Crippen LogP contribution is -2.57. The van der Waals surface area contributed by atoms with Gasteiger partial charge in [0, 0.05) is 6.08 Å². The molecular weight excluding hydrogens is 304 g/mol. The van der Waals surface area contributed by atoms with E-state index >= 15 is 0 Å². The largest absolute Gasteiger partial charge is 0.507 e. The van der Waals surface area contributed by atoms with Crippen LogP contribution in [-0.2, 0) is 19.1 Å². The number of ether oxygens (including phenoxy) is 3. The zero-order chi connectivity index (χ0) is 16.8. The van der Waals surface area contributed by atoms with E-state index < -0.39 is 35.8 Å². The molecule has 120 valence electrons. The lowest BCUT2D eigenvalue weighted by molar-refractivity contribution is -0.173. The van der Waals surface area contributed by atoms with Crippen LogP contribution < -0.4 is 4.74 Å². The van der Waals surface area contributed by atoms with Crippen LogP contribution in [-0.4, -0.2) is 41.6 Å². The SMILES string of the molecule is COC(=O)[C@]1([C@@H]2C=CC(=O)O2)CC(=O)c2c(O)cc(C)cc2O1. The van der Waals surface area contributed by atoms with Crippen molar-refractivity contribution in [2.24, 2.45) is 0 Å². The van der Waals surface area contributed by atoms with Crippen LogP contribution >= 0.6 is 0 Å². The number of phenols is 1. The number of rotatable bonds is 2. The number of carbonyl (C=O) groups excluding carboxylic acids is 3. The Morgan fingerprint density at radius 3 is 2.74 bits per heavy atom. The highest BCUT2D eigenvalue weighted by Gasteiger charge is 2.56. The standard InChI is InChI=1S/C16H14O7/c1-8-5-9(17)14-10(18)7-16(15(20)21-2,23-11(14)6-8)12-3-4-13(19)22-12/h3-6,12,17H,7H2,1-2H3/t12-,16+/m0/s1. The second-order valence-corrected chi connectivity index (χ2v) is 5.46. The van der Waals surface area contributed by atoms with Crippen molar-refractivity contribution in [1.29, 1.82) is 0 Å². The van der Waals surface area contributed by atoms with Crippen LogP contribution in [0.4, 0.5) is 0 Å². The van der Waals surface area contributed by atoms with Gasteiger partial charge in [-0.3, -0.25) is 4.79 Å². The molecule has 7 nitrogen and oxygen atoms in total. The Bertz CT molecular complexity index is 749. The maximum Gasteiger partial charge on any atom is 0.355 e. The number of fused-ring (bicyclic) bond motifs is 1. The second kappa shape index (κ2) is 5.12. The maximum atomic E-state index is 12.5. The topological polar surface area (TPSA) is 99.1 Å². The van der Waals surface area contributed by atoms with Gasteiger partial charge in [-0.2, -0.15) is 0 Å². The van der Waals surface area contributed by atoms with Crippen LogP contribution in [0.2, 0.25) is 0 Å². The number of esters is 2. The van der Waals surface area contributed by atoms with Crippen molar-refractivity contribution in [1.82, 2.24) is 0 Å². The van der Waals surface area contributed by atoms with Gasteiger partial charge in [0.15, 0.2) is 11.9 Å². The van der Waals surface area contributed by atoms with E-state index in [1.54, 1.807) is 6.92 Å². The lowest BCUT2D eigenvalue weighted by atomic mass is 9.84. The zero-order valence-electron chi connectivity index (χ0n) is 12.5. The van der Waals surface area contributed by atoms with E-state index in [1.807, 2.05) is 0 Å². The van der Waals surface area contributed by atoms with E-state index in [2.05, 4.69) is 0 Å². The Labute approximate surface area is 131 Å². The van der Waals surface area contributed by atoms with E-state index in [0.717, 1.165) is 13.2 Å². The van der Waals surface area contributed by atoms with Crippen molar-refractivity contribution in [3.8, 4) is 11.5 Å². The summed E-state index contributed by atoms with van der Waals surface area (Å²) in [5.41, 5.74) is -1.15. The first-order chi connectivity index (χ1) is 10.9. The Morgan fingerprint density at radius 2 is 2.13 bits per heavy atom. The summed E-state index contributed by atoms with van der Waals surface area (Å²) in [7, 11) is 1.15. The molecule has 7 heteroatoms. The number of ketones is 1. The molecule has 1 N–H and O–H groups in total. The first kappa shape index (κ1) is 15.1. The van der Waals surface area contributed by atoms with Crippen LogP contribution in [0.25, 0.3) is 0 Å². The summed E-state index contributed by atoms with van der Waals surface area (Å²) < 4.78 is 15.6. The van der Waals surface area contributed by atoms with Crippen molar-refractivity contribution in [2.75, 3.05) is 7.11 Å². The summed E-state index contributed by atoms with van der Waals surface area (Å²) in [6.07, 6.45) is 1.02. The van der Waals surface area contributed by atoms with Crippen LogP contribution in [0.5, 0.6) is 11.5 Å². The van der Waals surface area contributed by atoms with E-state index in [9.17, 15) is 19.5 Å². The number of methoxy groups -OCH3 is 1. The average molecular weight is 318 g/mol. The molecule has 0 saturated carbocycles. The third-order valence-corrected chi connectivity index (χ3v) is 3.86. The molecule has 1 aromatic carbocycles. The van der Waals surface area contributed by atoms with Gasteiger partial charge in [-0.1, -0.05) is 0 Å². The second-order valence-electron chi connectivity index (χ2n) is 5.46. The Hall–Kier alpha value is -2.83.